The molecule has 2 heterocycles. The molecule has 1 aliphatic heterocycles. The van der Waals surface area contributed by atoms with Crippen molar-refractivity contribution in [2.24, 2.45) is 5.92 Å². The number of nitrogens with zero attached hydrogens (tertiary/aromatic N) is 3. The SMILES string of the molecule is COc1ccccc1NC(=O)C1CCCN(c2ccc(=O)n(-c3cccc(Cl)c3)n2)C1. The maximum absolute atomic E-state index is 12.9. The van der Waals surface area contributed by atoms with Gasteiger partial charge in [0.1, 0.15) is 11.6 Å². The fourth-order valence-corrected chi connectivity index (χ4v) is 3.93. The van der Waals surface area contributed by atoms with Crippen LogP contribution in [0.1, 0.15) is 12.8 Å². The van der Waals surface area contributed by atoms with Crippen LogP contribution in [0.3, 0.4) is 0 Å². The van der Waals surface area contributed by atoms with Gasteiger partial charge in [0.25, 0.3) is 5.56 Å². The fraction of sp³-hybridized carbons (Fsp3) is 0.261. The summed E-state index contributed by atoms with van der Waals surface area (Å²) in [5.41, 5.74) is 1.01. The molecule has 1 saturated heterocycles. The van der Waals surface area contributed by atoms with Crippen LogP contribution in [0, 0.1) is 5.92 Å². The first-order chi connectivity index (χ1) is 15.0. The molecule has 8 heteroatoms. The lowest BCUT2D eigenvalue weighted by Crippen LogP contribution is -2.41. The number of carbonyl (C=O) groups excluding carboxylic acids is 1. The van der Waals surface area contributed by atoms with Crippen LogP contribution in [0.15, 0.2) is 65.5 Å². The number of hydrogen-bond donors (Lipinski definition) is 1. The van der Waals surface area contributed by atoms with Gasteiger partial charge in [0.15, 0.2) is 0 Å². The third-order valence-corrected chi connectivity index (χ3v) is 5.56. The Bertz CT molecular complexity index is 1150. The molecule has 1 N–H and O–H groups in total. The second-order valence-electron chi connectivity index (χ2n) is 7.40. The molecule has 4 rings (SSSR count). The Morgan fingerprint density at radius 2 is 2.00 bits per heavy atom. The number of methoxy groups -OCH3 is 1. The maximum Gasteiger partial charge on any atom is 0.271 e. The van der Waals surface area contributed by atoms with Gasteiger partial charge in [-0.15, -0.1) is 5.10 Å². The Morgan fingerprint density at radius 1 is 1.16 bits per heavy atom. The summed E-state index contributed by atoms with van der Waals surface area (Å²) in [5.74, 6) is 1.01. The summed E-state index contributed by atoms with van der Waals surface area (Å²) in [6, 6.07) is 17.5. The molecule has 1 unspecified atom stereocenters. The first-order valence-corrected chi connectivity index (χ1v) is 10.5. The van der Waals surface area contributed by atoms with Crippen molar-refractivity contribution in [3.63, 3.8) is 0 Å². The third kappa shape index (κ3) is 4.72. The molecule has 3 aromatic rings. The highest BCUT2D eigenvalue weighted by Crippen LogP contribution is 2.26. The standard InChI is InChI=1S/C23H23ClN4O3/c1-31-20-10-3-2-9-19(20)25-23(30)16-6-5-13-27(15-16)21-11-12-22(29)28(26-21)18-8-4-7-17(24)14-18/h2-4,7-12,14,16H,5-6,13,15H2,1H3,(H,25,30). The number of benzene rings is 2. The van der Waals surface area contributed by atoms with Crippen molar-refractivity contribution in [2.45, 2.75) is 12.8 Å². The fourth-order valence-electron chi connectivity index (χ4n) is 3.74. The number of rotatable bonds is 5. The lowest BCUT2D eigenvalue weighted by atomic mass is 9.97. The number of piperidine rings is 1. The van der Waals surface area contributed by atoms with Gasteiger partial charge in [0.05, 0.1) is 24.4 Å². The number of halogens is 1. The van der Waals surface area contributed by atoms with Crippen LogP contribution in [-0.2, 0) is 4.79 Å². The topological polar surface area (TPSA) is 76.5 Å². The number of amides is 1. The van der Waals surface area contributed by atoms with Crippen LogP contribution in [0.25, 0.3) is 5.69 Å². The highest BCUT2D eigenvalue weighted by molar-refractivity contribution is 6.30. The van der Waals surface area contributed by atoms with E-state index in [9.17, 15) is 9.59 Å². The Kier molecular flexibility index (Phi) is 6.23. The smallest absolute Gasteiger partial charge is 0.271 e. The average molecular weight is 439 g/mol. The van der Waals surface area contributed by atoms with Crippen molar-refractivity contribution in [1.29, 1.82) is 0 Å². The molecule has 1 fully saturated rings. The van der Waals surface area contributed by atoms with Gasteiger partial charge >= 0.3 is 0 Å². The van der Waals surface area contributed by atoms with E-state index in [-0.39, 0.29) is 17.4 Å². The van der Waals surface area contributed by atoms with Crippen LogP contribution in [0.2, 0.25) is 5.02 Å². The molecule has 7 nitrogen and oxygen atoms in total. The van der Waals surface area contributed by atoms with Crippen molar-refractivity contribution in [2.75, 3.05) is 30.4 Å². The molecule has 2 aromatic carbocycles. The van der Waals surface area contributed by atoms with Gasteiger partial charge in [-0.2, -0.15) is 4.68 Å². The largest absolute Gasteiger partial charge is 0.495 e. The lowest BCUT2D eigenvalue weighted by Gasteiger charge is -2.33. The number of anilines is 2. The summed E-state index contributed by atoms with van der Waals surface area (Å²) in [5, 5.41) is 8.04. The van der Waals surface area contributed by atoms with Crippen LogP contribution >= 0.6 is 11.6 Å². The Labute approximate surface area is 185 Å². The van der Waals surface area contributed by atoms with E-state index in [4.69, 9.17) is 16.3 Å². The summed E-state index contributed by atoms with van der Waals surface area (Å²) in [4.78, 5) is 27.3. The zero-order valence-corrected chi connectivity index (χ0v) is 17.9. The van der Waals surface area contributed by atoms with Gasteiger partial charge < -0.3 is 15.0 Å². The van der Waals surface area contributed by atoms with E-state index in [1.807, 2.05) is 29.2 Å². The molecule has 0 bridgehead atoms. The molecule has 0 spiro atoms. The zero-order valence-electron chi connectivity index (χ0n) is 17.1. The zero-order chi connectivity index (χ0) is 21.8. The van der Waals surface area contributed by atoms with Crippen LogP contribution in [0.5, 0.6) is 5.75 Å². The van der Waals surface area contributed by atoms with Gasteiger partial charge in [-0.3, -0.25) is 9.59 Å². The second kappa shape index (κ2) is 9.22. The summed E-state index contributed by atoms with van der Waals surface area (Å²) in [7, 11) is 1.58. The number of ether oxygens (including phenoxy) is 1. The minimum absolute atomic E-state index is 0.0580. The molecule has 160 valence electrons. The van der Waals surface area contributed by atoms with Crippen LogP contribution in [-0.4, -0.2) is 35.9 Å². The van der Waals surface area contributed by atoms with Crippen molar-refractivity contribution in [1.82, 2.24) is 9.78 Å². The van der Waals surface area contributed by atoms with E-state index in [0.717, 1.165) is 19.4 Å². The molecule has 0 radical (unpaired) electrons. The quantitative estimate of drug-likeness (QED) is 0.656. The summed E-state index contributed by atoms with van der Waals surface area (Å²) in [6.45, 7) is 1.28. The Balaban J connectivity index is 1.53. The summed E-state index contributed by atoms with van der Waals surface area (Å²) >= 11 is 6.07. The number of aromatic nitrogens is 2. The maximum atomic E-state index is 12.9. The average Bonchev–Trinajstić information content (AvgIpc) is 2.80. The third-order valence-electron chi connectivity index (χ3n) is 5.32. The molecule has 1 aromatic heterocycles. The van der Waals surface area contributed by atoms with E-state index >= 15 is 0 Å². The van der Waals surface area contributed by atoms with Crippen molar-refractivity contribution in [3.05, 3.63) is 76.0 Å². The Hall–Kier alpha value is -3.32. The first kappa shape index (κ1) is 20.9. The predicted molar refractivity (Wildman–Crippen MR) is 121 cm³/mol. The van der Waals surface area contributed by atoms with Crippen molar-refractivity contribution < 1.29 is 9.53 Å². The van der Waals surface area contributed by atoms with Gasteiger partial charge in [-0.25, -0.2) is 0 Å². The van der Waals surface area contributed by atoms with Gasteiger partial charge in [-0.1, -0.05) is 29.8 Å². The normalized spacial score (nSPS) is 16.1. The minimum atomic E-state index is -0.242. The summed E-state index contributed by atoms with van der Waals surface area (Å²) < 4.78 is 6.65. The van der Waals surface area contributed by atoms with E-state index in [0.29, 0.717) is 34.5 Å². The minimum Gasteiger partial charge on any atom is -0.495 e. The molecule has 1 aliphatic rings. The van der Waals surface area contributed by atoms with Crippen LogP contribution in [0.4, 0.5) is 11.5 Å². The highest BCUT2D eigenvalue weighted by atomic mass is 35.5. The van der Waals surface area contributed by atoms with Gasteiger partial charge in [-0.05, 0) is 49.2 Å². The van der Waals surface area contributed by atoms with Crippen LogP contribution < -0.4 is 20.5 Å². The van der Waals surface area contributed by atoms with E-state index in [1.165, 1.54) is 10.7 Å². The van der Waals surface area contributed by atoms with Crippen molar-refractivity contribution >= 4 is 29.0 Å². The van der Waals surface area contributed by atoms with Gasteiger partial charge in [0.2, 0.25) is 5.91 Å². The molecule has 1 amide bonds. The number of nitrogens with one attached hydrogen (secondary N) is 1. The molecular formula is C23H23ClN4O3. The number of carbonyl (C=O) groups is 1. The van der Waals surface area contributed by atoms with E-state index in [1.54, 1.807) is 37.4 Å². The highest BCUT2D eigenvalue weighted by Gasteiger charge is 2.27. The molecule has 0 saturated carbocycles. The molecule has 31 heavy (non-hydrogen) atoms. The monoisotopic (exact) mass is 438 g/mol. The van der Waals surface area contributed by atoms with Crippen molar-refractivity contribution in [3.8, 4) is 11.4 Å². The predicted octanol–water partition coefficient (Wildman–Crippen LogP) is 3.75. The first-order valence-electron chi connectivity index (χ1n) is 10.1. The molecular weight excluding hydrogens is 416 g/mol. The molecule has 0 aliphatic carbocycles. The van der Waals surface area contributed by atoms with Gasteiger partial charge in [0, 0.05) is 24.2 Å². The number of para-hydroxylation sites is 2. The second-order valence-corrected chi connectivity index (χ2v) is 7.83. The van der Waals surface area contributed by atoms with E-state index < -0.39 is 0 Å². The molecule has 1 atom stereocenters. The van der Waals surface area contributed by atoms with E-state index in [2.05, 4.69) is 10.4 Å². The Morgan fingerprint density at radius 3 is 2.81 bits per heavy atom. The lowest BCUT2D eigenvalue weighted by molar-refractivity contribution is -0.120. The summed E-state index contributed by atoms with van der Waals surface area (Å²) in [6.07, 6.45) is 1.63. The number of hydrogen-bond acceptors (Lipinski definition) is 5.